The van der Waals surface area contributed by atoms with E-state index in [-0.39, 0.29) is 31.3 Å². The lowest BCUT2D eigenvalue weighted by molar-refractivity contribution is 0.135. The van der Waals surface area contributed by atoms with Crippen molar-refractivity contribution < 1.29 is 33.5 Å². The average molecular weight is 448 g/mol. The van der Waals surface area contributed by atoms with Crippen LogP contribution < -0.4 is 15.5 Å². The van der Waals surface area contributed by atoms with Gasteiger partial charge in [0.1, 0.15) is 11.8 Å². The van der Waals surface area contributed by atoms with Gasteiger partial charge in [-0.2, -0.15) is 0 Å². The molecule has 2 saturated heterocycles. The van der Waals surface area contributed by atoms with Gasteiger partial charge in [0.05, 0.1) is 19.3 Å². The van der Waals surface area contributed by atoms with Crippen LogP contribution >= 0.6 is 0 Å². The molecule has 2 heterocycles. The van der Waals surface area contributed by atoms with Gasteiger partial charge >= 0.3 is 12.2 Å². The number of hydrogen-bond acceptors (Lipinski definition) is 6. The fourth-order valence-corrected chi connectivity index (χ4v) is 5.42. The quantitative estimate of drug-likeness (QED) is 0.636. The van der Waals surface area contributed by atoms with Crippen LogP contribution in [0.3, 0.4) is 0 Å². The summed E-state index contributed by atoms with van der Waals surface area (Å²) >= 11 is 0. The Morgan fingerprint density at radius 3 is 2.63 bits per heavy atom. The van der Waals surface area contributed by atoms with E-state index in [1.165, 1.54) is 7.11 Å². The van der Waals surface area contributed by atoms with Gasteiger partial charge in [-0.25, -0.2) is 18.4 Å². The van der Waals surface area contributed by atoms with E-state index < -0.39 is 40.7 Å². The van der Waals surface area contributed by atoms with E-state index in [9.17, 15) is 22.6 Å². The molecule has 0 spiro atoms. The third kappa shape index (κ3) is 4.82. The zero-order valence-electron chi connectivity index (χ0n) is 16.8. The molecule has 2 aliphatic heterocycles. The van der Waals surface area contributed by atoms with E-state index in [0.717, 1.165) is 23.5 Å². The lowest BCUT2D eigenvalue weighted by Gasteiger charge is -2.40. The molecule has 1 aromatic carbocycles. The SMILES string of the molecule is CCC1(CNc2c(F)cc(N3C[C@H](CCNC(=O)OC)OC3=O)cc2F)CS(=O)C1.[HH]. The molecule has 2 amide bonds. The number of nitrogens with zero attached hydrogens (tertiary/aromatic N) is 1. The molecule has 3 rings (SSSR count). The number of nitrogens with one attached hydrogen (secondary N) is 2. The van der Waals surface area contributed by atoms with Crippen molar-refractivity contribution in [2.45, 2.75) is 25.9 Å². The van der Waals surface area contributed by atoms with Crippen molar-refractivity contribution in [1.29, 1.82) is 0 Å². The maximum absolute atomic E-state index is 14.6. The third-order valence-corrected chi connectivity index (χ3v) is 7.33. The van der Waals surface area contributed by atoms with Crippen LogP contribution in [0, 0.1) is 17.0 Å². The molecule has 1 atom stereocenters. The van der Waals surface area contributed by atoms with Crippen molar-refractivity contribution >= 4 is 34.4 Å². The van der Waals surface area contributed by atoms with Gasteiger partial charge in [0.25, 0.3) is 0 Å². The Kier molecular flexibility index (Phi) is 6.79. The number of amides is 2. The predicted octanol–water partition coefficient (Wildman–Crippen LogP) is 2.85. The van der Waals surface area contributed by atoms with Crippen molar-refractivity contribution in [3.05, 3.63) is 23.8 Å². The van der Waals surface area contributed by atoms with Crippen molar-refractivity contribution in [3.63, 3.8) is 0 Å². The molecule has 0 unspecified atom stereocenters. The van der Waals surface area contributed by atoms with Gasteiger partial charge in [0.15, 0.2) is 11.6 Å². The summed E-state index contributed by atoms with van der Waals surface area (Å²) in [6.07, 6.45) is -0.732. The standard InChI is InChI=1S/C19H25F2N3O5S.H2/c1-3-19(10-30(27)11-19)9-23-16-14(20)6-12(7-15(16)21)24-8-13(29-18(24)26)4-5-22-17(25)28-2;/h6-7,13,23H,3-5,8-11H2,1-2H3,(H,22,25);1H/t13-,19?,30?;/m0./s1. The topological polar surface area (TPSA) is 97.0 Å². The number of carbonyl (C=O) groups is 2. The molecule has 2 N–H and O–H groups in total. The minimum absolute atomic E-state index is 0. The number of anilines is 2. The highest BCUT2D eigenvalue weighted by Crippen LogP contribution is 2.35. The Balaban J connectivity index is 0.00000341. The normalized spacial score (nSPS) is 25.5. The van der Waals surface area contributed by atoms with Crippen LogP contribution in [0.2, 0.25) is 0 Å². The van der Waals surface area contributed by atoms with Crippen molar-refractivity contribution in [2.24, 2.45) is 5.41 Å². The second-order valence-electron chi connectivity index (χ2n) is 7.54. The van der Waals surface area contributed by atoms with Gasteiger partial charge in [-0.05, 0) is 6.42 Å². The summed E-state index contributed by atoms with van der Waals surface area (Å²) in [7, 11) is 0.375. The molecule has 168 valence electrons. The van der Waals surface area contributed by atoms with E-state index in [0.29, 0.717) is 24.5 Å². The van der Waals surface area contributed by atoms with E-state index in [2.05, 4.69) is 15.4 Å². The fraction of sp³-hybridized carbons (Fsp3) is 0.579. The average Bonchev–Trinajstić information content (AvgIpc) is 3.05. The number of rotatable bonds is 8. The first kappa shape index (κ1) is 22.3. The fourth-order valence-electron chi connectivity index (χ4n) is 3.52. The Morgan fingerprint density at radius 2 is 2.07 bits per heavy atom. The van der Waals surface area contributed by atoms with Crippen LogP contribution in [-0.4, -0.2) is 60.7 Å². The molecule has 30 heavy (non-hydrogen) atoms. The van der Waals surface area contributed by atoms with Crippen LogP contribution in [0.25, 0.3) is 0 Å². The number of benzene rings is 1. The number of alkyl carbamates (subject to hydrolysis) is 1. The Bertz CT molecular complexity index is 829. The summed E-state index contributed by atoms with van der Waals surface area (Å²) in [6, 6.07) is 2.17. The lowest BCUT2D eigenvalue weighted by Crippen LogP contribution is -2.49. The van der Waals surface area contributed by atoms with Crippen molar-refractivity contribution in [3.8, 4) is 0 Å². The van der Waals surface area contributed by atoms with Crippen LogP contribution in [-0.2, 0) is 20.3 Å². The molecule has 1 aromatic rings. The van der Waals surface area contributed by atoms with E-state index >= 15 is 0 Å². The second kappa shape index (κ2) is 9.15. The number of hydrogen-bond donors (Lipinski definition) is 2. The summed E-state index contributed by atoms with van der Waals surface area (Å²) in [5.74, 6) is -0.603. The number of cyclic esters (lactones) is 1. The zero-order valence-corrected chi connectivity index (χ0v) is 17.7. The monoisotopic (exact) mass is 447 g/mol. The van der Waals surface area contributed by atoms with Crippen molar-refractivity contribution in [1.82, 2.24) is 5.32 Å². The van der Waals surface area contributed by atoms with E-state index in [1.807, 2.05) is 6.92 Å². The zero-order chi connectivity index (χ0) is 21.9. The van der Waals surface area contributed by atoms with E-state index in [1.54, 1.807) is 0 Å². The van der Waals surface area contributed by atoms with Gasteiger partial charge in [0.2, 0.25) is 0 Å². The molecular weight excluding hydrogens is 420 g/mol. The molecule has 0 saturated carbocycles. The maximum atomic E-state index is 14.6. The molecule has 2 aliphatic rings. The first-order valence-corrected chi connectivity index (χ1v) is 11.1. The highest BCUT2D eigenvalue weighted by atomic mass is 32.2. The van der Waals surface area contributed by atoms with Gasteiger partial charge in [-0.3, -0.25) is 9.11 Å². The number of methoxy groups -OCH3 is 1. The maximum Gasteiger partial charge on any atom is 0.414 e. The number of ether oxygens (including phenoxy) is 2. The van der Waals surface area contributed by atoms with Crippen molar-refractivity contribution in [2.75, 3.05) is 48.5 Å². The van der Waals surface area contributed by atoms with Gasteiger partial charge in [-0.1, -0.05) is 6.92 Å². The molecule has 0 aromatic heterocycles. The summed E-state index contributed by atoms with van der Waals surface area (Å²) in [6.45, 7) is 2.62. The molecular formula is C19H27F2N3O5S. The molecule has 0 bridgehead atoms. The van der Waals surface area contributed by atoms with Crippen LogP contribution in [0.15, 0.2) is 12.1 Å². The Labute approximate surface area is 177 Å². The largest absolute Gasteiger partial charge is 0.453 e. The highest BCUT2D eigenvalue weighted by molar-refractivity contribution is 7.86. The molecule has 11 heteroatoms. The second-order valence-corrected chi connectivity index (χ2v) is 9.00. The smallest absolute Gasteiger partial charge is 0.414 e. The number of halogens is 2. The molecule has 0 aliphatic carbocycles. The van der Waals surface area contributed by atoms with Crippen LogP contribution in [0.1, 0.15) is 21.2 Å². The van der Waals surface area contributed by atoms with E-state index in [4.69, 9.17) is 4.74 Å². The lowest BCUT2D eigenvalue weighted by atomic mass is 9.88. The molecule has 8 nitrogen and oxygen atoms in total. The Hall–Kier alpha value is -2.43. The summed E-state index contributed by atoms with van der Waals surface area (Å²) in [5.41, 5.74) is -0.429. The summed E-state index contributed by atoms with van der Waals surface area (Å²) in [4.78, 5) is 24.3. The predicted molar refractivity (Wildman–Crippen MR) is 110 cm³/mol. The van der Waals surface area contributed by atoms with Gasteiger partial charge < -0.3 is 20.1 Å². The minimum Gasteiger partial charge on any atom is -0.453 e. The number of carbonyl (C=O) groups excluding carboxylic acids is 2. The first-order valence-electron chi connectivity index (χ1n) is 9.65. The van der Waals surface area contributed by atoms with Gasteiger partial charge in [-0.15, -0.1) is 0 Å². The summed E-state index contributed by atoms with van der Waals surface area (Å²) in [5, 5.41) is 5.29. The molecule has 0 radical (unpaired) electrons. The van der Waals surface area contributed by atoms with Crippen LogP contribution in [0.5, 0.6) is 0 Å². The van der Waals surface area contributed by atoms with Crippen LogP contribution in [0.4, 0.5) is 29.7 Å². The van der Waals surface area contributed by atoms with Gasteiger partial charge in [0, 0.05) is 60.8 Å². The first-order chi connectivity index (χ1) is 14.3. The Morgan fingerprint density at radius 1 is 1.40 bits per heavy atom. The minimum atomic E-state index is -0.864. The third-order valence-electron chi connectivity index (χ3n) is 5.46. The molecule has 2 fully saturated rings. The highest BCUT2D eigenvalue weighted by Gasteiger charge is 2.41. The summed E-state index contributed by atoms with van der Waals surface area (Å²) < 4.78 is 50.3.